The summed E-state index contributed by atoms with van der Waals surface area (Å²) in [5.41, 5.74) is 5.02. The minimum absolute atomic E-state index is 0.357. The maximum Gasteiger partial charge on any atom is 0.352 e. The molecule has 1 N–H and O–H groups in total. The zero-order valence-electron chi connectivity index (χ0n) is 11.2. The molecule has 0 atom stereocenters. The van der Waals surface area contributed by atoms with E-state index in [0.29, 0.717) is 11.7 Å². The fourth-order valence-corrected chi connectivity index (χ4v) is 2.60. The van der Waals surface area contributed by atoms with E-state index in [1.165, 1.54) is 11.1 Å². The van der Waals surface area contributed by atoms with Gasteiger partial charge < -0.3 is 9.67 Å². The first-order valence-corrected chi connectivity index (χ1v) is 6.60. The summed E-state index contributed by atoms with van der Waals surface area (Å²) in [6.07, 6.45) is 2.15. The van der Waals surface area contributed by atoms with E-state index in [0.717, 1.165) is 24.1 Å². The maximum atomic E-state index is 11.3. The van der Waals surface area contributed by atoms with E-state index in [1.54, 1.807) is 6.07 Å². The normalized spacial score (nSPS) is 14.6. The van der Waals surface area contributed by atoms with Crippen molar-refractivity contribution in [2.24, 2.45) is 0 Å². The molecular weight excluding hydrogens is 238 g/mol. The van der Waals surface area contributed by atoms with Gasteiger partial charge in [-0.1, -0.05) is 18.2 Å². The molecule has 0 saturated heterocycles. The summed E-state index contributed by atoms with van der Waals surface area (Å²) >= 11 is 0. The van der Waals surface area contributed by atoms with Gasteiger partial charge in [-0.25, -0.2) is 4.79 Å². The zero-order chi connectivity index (χ0) is 13.6. The van der Waals surface area contributed by atoms with Crippen molar-refractivity contribution in [2.45, 2.75) is 32.7 Å². The number of aromatic carboxylic acids is 1. The zero-order valence-corrected chi connectivity index (χ0v) is 11.2. The van der Waals surface area contributed by atoms with Gasteiger partial charge in [0.05, 0.1) is 0 Å². The summed E-state index contributed by atoms with van der Waals surface area (Å²) in [7, 11) is 0. The molecule has 1 aromatic carbocycles. The lowest BCUT2D eigenvalue weighted by molar-refractivity contribution is 0.0685. The van der Waals surface area contributed by atoms with Gasteiger partial charge in [0.15, 0.2) is 0 Å². The van der Waals surface area contributed by atoms with Crippen molar-refractivity contribution in [1.29, 1.82) is 0 Å². The lowest BCUT2D eigenvalue weighted by Gasteiger charge is -2.13. The number of carboxylic acids is 1. The fourth-order valence-electron chi connectivity index (χ4n) is 2.60. The van der Waals surface area contributed by atoms with Crippen LogP contribution in [-0.4, -0.2) is 15.6 Å². The Balaban J connectivity index is 2.20. The first-order valence-electron chi connectivity index (χ1n) is 6.60. The minimum Gasteiger partial charge on any atom is -0.477 e. The number of carboxylic acid groups (broad SMARTS) is 1. The molecule has 3 heteroatoms. The summed E-state index contributed by atoms with van der Waals surface area (Å²) in [5, 5.41) is 9.31. The lowest BCUT2D eigenvalue weighted by Crippen LogP contribution is -2.08. The van der Waals surface area contributed by atoms with E-state index in [-0.39, 0.29) is 0 Å². The van der Waals surface area contributed by atoms with Crippen LogP contribution in [0, 0.1) is 13.8 Å². The van der Waals surface area contributed by atoms with Gasteiger partial charge in [0.2, 0.25) is 0 Å². The Bertz CT molecular complexity index is 651. The molecule has 3 nitrogen and oxygen atoms in total. The van der Waals surface area contributed by atoms with Crippen LogP contribution < -0.4 is 0 Å². The molecular formula is C16H17NO2. The van der Waals surface area contributed by atoms with Crippen LogP contribution in [-0.2, 0) is 0 Å². The molecule has 0 spiro atoms. The third-order valence-corrected chi connectivity index (χ3v) is 3.93. The second-order valence-corrected chi connectivity index (χ2v) is 5.26. The molecule has 1 heterocycles. The van der Waals surface area contributed by atoms with Gasteiger partial charge in [0.1, 0.15) is 5.69 Å². The van der Waals surface area contributed by atoms with E-state index in [4.69, 9.17) is 0 Å². The van der Waals surface area contributed by atoms with Gasteiger partial charge in [-0.3, -0.25) is 0 Å². The minimum atomic E-state index is -0.844. The number of benzene rings is 1. The average molecular weight is 255 g/mol. The fraction of sp³-hybridized carbons (Fsp3) is 0.312. The molecule has 98 valence electrons. The monoisotopic (exact) mass is 255 g/mol. The highest BCUT2D eigenvalue weighted by Crippen LogP contribution is 2.41. The molecule has 0 aliphatic heterocycles. The average Bonchev–Trinajstić information content (AvgIpc) is 3.11. The molecule has 0 unspecified atom stereocenters. The second kappa shape index (κ2) is 4.26. The first kappa shape index (κ1) is 12.0. The topological polar surface area (TPSA) is 42.2 Å². The molecule has 2 aromatic rings. The number of carbonyl (C=O) groups is 1. The van der Waals surface area contributed by atoms with Gasteiger partial charge in [-0.05, 0) is 49.9 Å². The maximum absolute atomic E-state index is 11.3. The van der Waals surface area contributed by atoms with Crippen molar-refractivity contribution in [2.75, 3.05) is 0 Å². The van der Waals surface area contributed by atoms with Crippen molar-refractivity contribution in [3.63, 3.8) is 0 Å². The van der Waals surface area contributed by atoms with Crippen molar-refractivity contribution in [1.82, 2.24) is 4.57 Å². The highest BCUT2D eigenvalue weighted by Gasteiger charge is 2.30. The van der Waals surface area contributed by atoms with Gasteiger partial charge in [-0.2, -0.15) is 0 Å². The van der Waals surface area contributed by atoms with E-state index < -0.39 is 5.97 Å². The van der Waals surface area contributed by atoms with Crippen LogP contribution in [0.15, 0.2) is 30.3 Å². The number of hydrogen-bond donors (Lipinski definition) is 1. The van der Waals surface area contributed by atoms with Gasteiger partial charge in [0, 0.05) is 17.3 Å². The van der Waals surface area contributed by atoms with Crippen molar-refractivity contribution in [3.05, 3.63) is 47.2 Å². The Morgan fingerprint density at radius 3 is 2.58 bits per heavy atom. The van der Waals surface area contributed by atoms with Gasteiger partial charge in [0.25, 0.3) is 0 Å². The molecule has 19 heavy (non-hydrogen) atoms. The molecule has 1 fully saturated rings. The number of nitrogens with zero attached hydrogens (tertiary/aromatic N) is 1. The highest BCUT2D eigenvalue weighted by atomic mass is 16.4. The molecule has 3 rings (SSSR count). The third-order valence-electron chi connectivity index (χ3n) is 3.93. The molecule has 1 aromatic heterocycles. The third kappa shape index (κ3) is 1.95. The van der Waals surface area contributed by atoms with Crippen LogP contribution in [0.25, 0.3) is 11.3 Å². The van der Waals surface area contributed by atoms with E-state index in [2.05, 4.69) is 26.0 Å². The summed E-state index contributed by atoms with van der Waals surface area (Å²) in [6, 6.07) is 10.2. The summed E-state index contributed by atoms with van der Waals surface area (Å²) in [6.45, 7) is 4.18. The lowest BCUT2D eigenvalue weighted by atomic mass is 10.0. The number of aryl methyl sites for hydroxylation is 1. The predicted octanol–water partition coefficient (Wildman–Crippen LogP) is 3.81. The Kier molecular flexibility index (Phi) is 2.70. The smallest absolute Gasteiger partial charge is 0.352 e. The summed E-state index contributed by atoms with van der Waals surface area (Å²) in [4.78, 5) is 11.3. The Labute approximate surface area is 112 Å². The van der Waals surface area contributed by atoms with E-state index >= 15 is 0 Å². The Hall–Kier alpha value is -2.03. The van der Waals surface area contributed by atoms with Crippen LogP contribution in [0.4, 0.5) is 0 Å². The molecule has 0 radical (unpaired) electrons. The van der Waals surface area contributed by atoms with Crippen molar-refractivity contribution >= 4 is 5.97 Å². The Morgan fingerprint density at radius 2 is 1.95 bits per heavy atom. The van der Waals surface area contributed by atoms with Crippen LogP contribution in [0.2, 0.25) is 0 Å². The van der Waals surface area contributed by atoms with Crippen molar-refractivity contribution < 1.29 is 9.90 Å². The van der Waals surface area contributed by atoms with E-state index in [9.17, 15) is 9.90 Å². The van der Waals surface area contributed by atoms with Gasteiger partial charge >= 0.3 is 5.97 Å². The Morgan fingerprint density at radius 1 is 1.21 bits per heavy atom. The van der Waals surface area contributed by atoms with Crippen LogP contribution in [0.1, 0.15) is 40.5 Å². The van der Waals surface area contributed by atoms with Gasteiger partial charge in [-0.15, -0.1) is 0 Å². The molecule has 0 amide bonds. The molecule has 0 bridgehead atoms. The van der Waals surface area contributed by atoms with Crippen LogP contribution in [0.3, 0.4) is 0 Å². The van der Waals surface area contributed by atoms with Crippen LogP contribution in [0.5, 0.6) is 0 Å². The molecule has 1 aliphatic rings. The first-order chi connectivity index (χ1) is 9.09. The highest BCUT2D eigenvalue weighted by molar-refractivity contribution is 5.88. The second-order valence-electron chi connectivity index (χ2n) is 5.26. The standard InChI is InChI=1S/C16H17NO2/c1-10-4-3-5-13(11(10)2)14-8-9-15(16(18)19)17(14)12-6-7-12/h3-5,8-9,12H,6-7H2,1-2H3,(H,18,19). The SMILES string of the molecule is Cc1cccc(-c2ccc(C(=O)O)n2C2CC2)c1C. The molecule has 1 saturated carbocycles. The summed E-state index contributed by atoms with van der Waals surface area (Å²) in [5.74, 6) is -0.844. The van der Waals surface area contributed by atoms with Crippen LogP contribution >= 0.6 is 0 Å². The number of aromatic nitrogens is 1. The number of hydrogen-bond acceptors (Lipinski definition) is 1. The summed E-state index contributed by atoms with van der Waals surface area (Å²) < 4.78 is 1.99. The quantitative estimate of drug-likeness (QED) is 0.906. The van der Waals surface area contributed by atoms with Crippen molar-refractivity contribution in [3.8, 4) is 11.3 Å². The predicted molar refractivity (Wildman–Crippen MR) is 74.6 cm³/mol. The molecule has 1 aliphatic carbocycles. The largest absolute Gasteiger partial charge is 0.477 e. The number of rotatable bonds is 3. The van der Waals surface area contributed by atoms with E-state index in [1.807, 2.05) is 16.7 Å².